The molecule has 0 bridgehead atoms. The second-order valence-corrected chi connectivity index (χ2v) is 6.31. The summed E-state index contributed by atoms with van der Waals surface area (Å²) in [6.45, 7) is 0.452. The Balaban J connectivity index is 1.59. The van der Waals surface area contributed by atoms with Crippen molar-refractivity contribution in [1.29, 1.82) is 0 Å². The third kappa shape index (κ3) is 3.67. The van der Waals surface area contributed by atoms with Crippen molar-refractivity contribution < 1.29 is 9.53 Å². The van der Waals surface area contributed by atoms with Crippen LogP contribution in [0.1, 0.15) is 35.4 Å². The molecular weight excluding hydrogens is 310 g/mol. The van der Waals surface area contributed by atoms with Crippen LogP contribution in [0.2, 0.25) is 5.02 Å². The highest BCUT2D eigenvalue weighted by Crippen LogP contribution is 2.35. The third-order valence-corrected chi connectivity index (χ3v) is 4.65. The summed E-state index contributed by atoms with van der Waals surface area (Å²) in [5, 5.41) is 3.61. The average molecular weight is 330 g/mol. The number of amides is 1. The lowest BCUT2D eigenvalue weighted by molar-refractivity contribution is -0.121. The van der Waals surface area contributed by atoms with Crippen LogP contribution in [0.25, 0.3) is 0 Å². The van der Waals surface area contributed by atoms with E-state index in [9.17, 15) is 4.79 Å². The molecule has 3 nitrogen and oxygen atoms in total. The van der Waals surface area contributed by atoms with Gasteiger partial charge in [-0.15, -0.1) is 0 Å². The van der Waals surface area contributed by atoms with Crippen LogP contribution in [0.5, 0.6) is 5.75 Å². The second kappa shape index (κ2) is 7.05. The van der Waals surface area contributed by atoms with E-state index in [0.717, 1.165) is 18.4 Å². The third-order valence-electron chi connectivity index (χ3n) is 4.41. The Labute approximate surface area is 141 Å². The Morgan fingerprint density at radius 3 is 2.96 bits per heavy atom. The fourth-order valence-corrected chi connectivity index (χ4v) is 3.37. The molecule has 2 aromatic carbocycles. The molecule has 0 aliphatic heterocycles. The molecule has 4 heteroatoms. The standard InChI is InChI=1S/C19H20ClNO2/c1-23-18-11-16(20)9-8-15(18)12-21-19(22)10-14-7-6-13-4-2-3-5-17(13)14/h2-5,8-9,11,14H,6-7,10,12H2,1H3,(H,21,22). The van der Waals surface area contributed by atoms with Gasteiger partial charge in [0, 0.05) is 23.6 Å². The molecule has 0 heterocycles. The number of hydrogen-bond donors (Lipinski definition) is 1. The van der Waals surface area contributed by atoms with Crippen molar-refractivity contribution in [2.45, 2.75) is 31.7 Å². The monoisotopic (exact) mass is 329 g/mol. The zero-order chi connectivity index (χ0) is 16.2. The van der Waals surface area contributed by atoms with Crippen LogP contribution in [-0.4, -0.2) is 13.0 Å². The highest BCUT2D eigenvalue weighted by molar-refractivity contribution is 6.30. The zero-order valence-electron chi connectivity index (χ0n) is 13.1. The summed E-state index contributed by atoms with van der Waals surface area (Å²) in [5.41, 5.74) is 3.63. The first-order chi connectivity index (χ1) is 11.2. The van der Waals surface area contributed by atoms with Crippen molar-refractivity contribution in [2.75, 3.05) is 7.11 Å². The highest BCUT2D eigenvalue weighted by Gasteiger charge is 2.24. The molecule has 0 saturated carbocycles. The molecule has 1 N–H and O–H groups in total. The van der Waals surface area contributed by atoms with Gasteiger partial charge < -0.3 is 10.1 Å². The molecular formula is C19H20ClNO2. The number of nitrogens with one attached hydrogen (secondary N) is 1. The highest BCUT2D eigenvalue weighted by atomic mass is 35.5. The minimum absolute atomic E-state index is 0.0729. The molecule has 3 rings (SSSR count). The smallest absolute Gasteiger partial charge is 0.220 e. The van der Waals surface area contributed by atoms with Gasteiger partial charge in [-0.25, -0.2) is 0 Å². The van der Waals surface area contributed by atoms with E-state index in [0.29, 0.717) is 29.7 Å². The molecule has 0 fully saturated rings. The summed E-state index contributed by atoms with van der Waals surface area (Å²) >= 11 is 5.95. The SMILES string of the molecule is COc1cc(Cl)ccc1CNC(=O)CC1CCc2ccccc21. The number of halogens is 1. The molecule has 2 aromatic rings. The van der Waals surface area contributed by atoms with Crippen LogP contribution in [0.15, 0.2) is 42.5 Å². The number of carbonyl (C=O) groups is 1. The lowest BCUT2D eigenvalue weighted by Crippen LogP contribution is -2.24. The number of rotatable bonds is 5. The molecule has 1 unspecified atom stereocenters. The van der Waals surface area contributed by atoms with Crippen LogP contribution in [-0.2, 0) is 17.8 Å². The van der Waals surface area contributed by atoms with E-state index in [2.05, 4.69) is 23.5 Å². The Hall–Kier alpha value is -2.00. The van der Waals surface area contributed by atoms with Gasteiger partial charge in [0.15, 0.2) is 0 Å². The average Bonchev–Trinajstić information content (AvgIpc) is 2.97. The number of aryl methyl sites for hydroxylation is 1. The van der Waals surface area contributed by atoms with Crippen LogP contribution < -0.4 is 10.1 Å². The Morgan fingerprint density at radius 2 is 2.13 bits per heavy atom. The molecule has 0 aromatic heterocycles. The first kappa shape index (κ1) is 15.9. The van der Waals surface area contributed by atoms with Gasteiger partial charge in [0.05, 0.1) is 7.11 Å². The predicted molar refractivity (Wildman–Crippen MR) is 92.0 cm³/mol. The number of fused-ring (bicyclic) bond motifs is 1. The molecule has 0 radical (unpaired) electrons. The minimum atomic E-state index is 0.0729. The van der Waals surface area contributed by atoms with Crippen molar-refractivity contribution in [3.05, 3.63) is 64.2 Å². The zero-order valence-corrected chi connectivity index (χ0v) is 13.9. The quantitative estimate of drug-likeness (QED) is 0.897. The molecule has 120 valence electrons. The molecule has 1 aliphatic carbocycles. The Morgan fingerprint density at radius 1 is 1.30 bits per heavy atom. The van der Waals surface area contributed by atoms with E-state index in [-0.39, 0.29) is 5.91 Å². The van der Waals surface area contributed by atoms with Gasteiger partial charge >= 0.3 is 0 Å². The summed E-state index contributed by atoms with van der Waals surface area (Å²) in [7, 11) is 1.60. The molecule has 1 atom stereocenters. The lowest BCUT2D eigenvalue weighted by atomic mass is 9.97. The van der Waals surface area contributed by atoms with Gasteiger partial charge in [0.1, 0.15) is 5.75 Å². The van der Waals surface area contributed by atoms with Gasteiger partial charge in [-0.05, 0) is 42.0 Å². The first-order valence-corrected chi connectivity index (χ1v) is 8.22. The first-order valence-electron chi connectivity index (χ1n) is 7.84. The van der Waals surface area contributed by atoms with Gasteiger partial charge in [-0.3, -0.25) is 4.79 Å². The van der Waals surface area contributed by atoms with E-state index in [4.69, 9.17) is 16.3 Å². The van der Waals surface area contributed by atoms with Crippen molar-refractivity contribution in [3.63, 3.8) is 0 Å². The Bertz CT molecular complexity index is 714. The van der Waals surface area contributed by atoms with E-state index in [1.807, 2.05) is 12.1 Å². The largest absolute Gasteiger partial charge is 0.496 e. The molecule has 1 amide bonds. The predicted octanol–water partition coefficient (Wildman–Crippen LogP) is 4.08. The minimum Gasteiger partial charge on any atom is -0.496 e. The van der Waals surface area contributed by atoms with Crippen molar-refractivity contribution in [3.8, 4) is 5.75 Å². The fraction of sp³-hybridized carbons (Fsp3) is 0.316. The van der Waals surface area contributed by atoms with E-state index in [1.54, 1.807) is 19.2 Å². The van der Waals surface area contributed by atoms with E-state index in [1.165, 1.54) is 11.1 Å². The van der Waals surface area contributed by atoms with Crippen LogP contribution in [0.3, 0.4) is 0 Å². The second-order valence-electron chi connectivity index (χ2n) is 5.87. The van der Waals surface area contributed by atoms with Gasteiger partial charge in [-0.2, -0.15) is 0 Å². The summed E-state index contributed by atoms with van der Waals surface area (Å²) in [5.74, 6) is 1.10. The van der Waals surface area contributed by atoms with Crippen LogP contribution in [0, 0.1) is 0 Å². The maximum Gasteiger partial charge on any atom is 0.220 e. The molecule has 0 saturated heterocycles. The van der Waals surface area contributed by atoms with E-state index < -0.39 is 0 Å². The number of carbonyl (C=O) groups excluding carboxylic acids is 1. The lowest BCUT2D eigenvalue weighted by Gasteiger charge is -2.13. The van der Waals surface area contributed by atoms with Crippen molar-refractivity contribution in [1.82, 2.24) is 5.32 Å². The molecule has 23 heavy (non-hydrogen) atoms. The molecule has 1 aliphatic rings. The summed E-state index contributed by atoms with van der Waals surface area (Å²) < 4.78 is 5.30. The van der Waals surface area contributed by atoms with Gasteiger partial charge in [0.25, 0.3) is 0 Å². The van der Waals surface area contributed by atoms with Crippen LogP contribution >= 0.6 is 11.6 Å². The molecule has 0 spiro atoms. The van der Waals surface area contributed by atoms with Crippen molar-refractivity contribution >= 4 is 17.5 Å². The topological polar surface area (TPSA) is 38.3 Å². The van der Waals surface area contributed by atoms with Gasteiger partial charge in [0.2, 0.25) is 5.91 Å². The summed E-state index contributed by atoms with van der Waals surface area (Å²) in [4.78, 5) is 12.3. The number of benzene rings is 2. The number of hydrogen-bond acceptors (Lipinski definition) is 2. The summed E-state index contributed by atoms with van der Waals surface area (Å²) in [6.07, 6.45) is 2.66. The maximum atomic E-state index is 12.3. The maximum absolute atomic E-state index is 12.3. The van der Waals surface area contributed by atoms with Crippen molar-refractivity contribution in [2.24, 2.45) is 0 Å². The fourth-order valence-electron chi connectivity index (χ4n) is 3.21. The number of methoxy groups -OCH3 is 1. The van der Waals surface area contributed by atoms with Gasteiger partial charge in [-0.1, -0.05) is 41.9 Å². The van der Waals surface area contributed by atoms with Crippen LogP contribution in [0.4, 0.5) is 0 Å². The van der Waals surface area contributed by atoms with E-state index >= 15 is 0 Å². The number of ether oxygens (including phenoxy) is 1. The Kier molecular flexibility index (Phi) is 4.87. The normalized spacial score (nSPS) is 16.0. The summed E-state index contributed by atoms with van der Waals surface area (Å²) in [6, 6.07) is 13.9.